The maximum Gasteiger partial charge on any atom is 0.268 e. The van der Waals surface area contributed by atoms with E-state index in [1.54, 1.807) is 0 Å². The number of nitrogens with one attached hydrogen (secondary N) is 1. The number of hydrogen-bond acceptors (Lipinski definition) is 2. The Morgan fingerprint density at radius 2 is 1.69 bits per heavy atom. The molecule has 0 aliphatic carbocycles. The summed E-state index contributed by atoms with van der Waals surface area (Å²) in [5.41, 5.74) is 3.45. The standard InChI is InChI=1S/C23H25Cl2N3O/c1-27-20-10-9-18(25)15-19(20)21(16-5-7-17(24)8-6-16)22(27)23(29)26-11-14-28-12-3-2-4-13-28/h5-10,15H,2-4,11-14H2,1H3,(H,26,29). The van der Waals surface area contributed by atoms with Gasteiger partial charge in [0.15, 0.2) is 0 Å². The monoisotopic (exact) mass is 429 g/mol. The van der Waals surface area contributed by atoms with E-state index in [1.807, 2.05) is 54.1 Å². The smallest absolute Gasteiger partial charge is 0.268 e. The lowest BCUT2D eigenvalue weighted by Crippen LogP contribution is -2.38. The third-order valence-electron chi connectivity index (χ3n) is 5.67. The van der Waals surface area contributed by atoms with Gasteiger partial charge in [0.05, 0.1) is 0 Å². The van der Waals surface area contributed by atoms with Crippen LogP contribution in [0.5, 0.6) is 0 Å². The van der Waals surface area contributed by atoms with Crippen LogP contribution >= 0.6 is 23.2 Å². The van der Waals surface area contributed by atoms with Crippen molar-refractivity contribution in [2.24, 2.45) is 7.05 Å². The predicted molar refractivity (Wildman–Crippen MR) is 121 cm³/mol. The van der Waals surface area contributed by atoms with Crippen molar-refractivity contribution in [1.82, 2.24) is 14.8 Å². The number of carbonyl (C=O) groups is 1. The van der Waals surface area contributed by atoms with Crippen molar-refractivity contribution in [2.75, 3.05) is 26.2 Å². The SMILES string of the molecule is Cn1c(C(=O)NCCN2CCCCC2)c(-c2ccc(Cl)cc2)c2cc(Cl)ccc21. The molecule has 3 aromatic rings. The quantitative estimate of drug-likeness (QED) is 0.591. The molecule has 0 atom stereocenters. The second kappa shape index (κ2) is 8.78. The van der Waals surface area contributed by atoms with Crippen LogP contribution in [0.25, 0.3) is 22.0 Å². The Bertz CT molecular complexity index is 1020. The van der Waals surface area contributed by atoms with Crippen molar-refractivity contribution >= 4 is 40.0 Å². The minimum absolute atomic E-state index is 0.0678. The number of hydrogen-bond donors (Lipinski definition) is 1. The fourth-order valence-electron chi connectivity index (χ4n) is 4.19. The molecule has 6 heteroatoms. The molecule has 0 radical (unpaired) electrons. The van der Waals surface area contributed by atoms with Crippen LogP contribution in [0.1, 0.15) is 29.8 Å². The Morgan fingerprint density at radius 1 is 1.00 bits per heavy atom. The van der Waals surface area contributed by atoms with Gasteiger partial charge in [-0.05, 0) is 61.8 Å². The molecule has 1 aliphatic rings. The first-order valence-corrected chi connectivity index (χ1v) is 10.8. The molecule has 1 aromatic heterocycles. The van der Waals surface area contributed by atoms with Crippen molar-refractivity contribution in [3.63, 3.8) is 0 Å². The summed E-state index contributed by atoms with van der Waals surface area (Å²) in [5, 5.41) is 5.40. The molecule has 2 aromatic carbocycles. The summed E-state index contributed by atoms with van der Waals surface area (Å²) in [7, 11) is 1.93. The van der Waals surface area contributed by atoms with Crippen LogP contribution < -0.4 is 5.32 Å². The van der Waals surface area contributed by atoms with Crippen molar-refractivity contribution in [2.45, 2.75) is 19.3 Å². The van der Waals surface area contributed by atoms with Crippen molar-refractivity contribution in [1.29, 1.82) is 0 Å². The van der Waals surface area contributed by atoms with E-state index in [9.17, 15) is 4.79 Å². The highest BCUT2D eigenvalue weighted by Crippen LogP contribution is 2.36. The van der Waals surface area contributed by atoms with Gasteiger partial charge in [-0.25, -0.2) is 0 Å². The number of aryl methyl sites for hydroxylation is 1. The maximum atomic E-state index is 13.2. The molecule has 0 unspecified atom stereocenters. The molecule has 4 nitrogen and oxygen atoms in total. The fraction of sp³-hybridized carbons (Fsp3) is 0.348. The van der Waals surface area contributed by atoms with E-state index in [-0.39, 0.29) is 5.91 Å². The van der Waals surface area contributed by atoms with E-state index >= 15 is 0 Å². The topological polar surface area (TPSA) is 37.3 Å². The third kappa shape index (κ3) is 4.30. The number of nitrogens with zero attached hydrogens (tertiary/aromatic N) is 2. The van der Waals surface area contributed by atoms with Gasteiger partial charge in [-0.1, -0.05) is 41.8 Å². The largest absolute Gasteiger partial charge is 0.349 e. The first kappa shape index (κ1) is 20.3. The molecule has 29 heavy (non-hydrogen) atoms. The zero-order chi connectivity index (χ0) is 20.4. The number of aromatic nitrogens is 1. The number of halogens is 2. The van der Waals surface area contributed by atoms with Crippen LogP contribution in [0.4, 0.5) is 0 Å². The molecule has 0 saturated carbocycles. The zero-order valence-electron chi connectivity index (χ0n) is 16.5. The Hall–Kier alpha value is -2.01. The summed E-state index contributed by atoms with van der Waals surface area (Å²) in [6, 6.07) is 13.3. The highest BCUT2D eigenvalue weighted by Gasteiger charge is 2.22. The van der Waals surface area contributed by atoms with Gasteiger partial charge in [-0.15, -0.1) is 0 Å². The molecule has 0 bridgehead atoms. The highest BCUT2D eigenvalue weighted by molar-refractivity contribution is 6.32. The van der Waals surface area contributed by atoms with Crippen LogP contribution in [-0.2, 0) is 7.05 Å². The van der Waals surface area contributed by atoms with E-state index in [0.717, 1.165) is 41.7 Å². The van der Waals surface area contributed by atoms with Gasteiger partial charge >= 0.3 is 0 Å². The van der Waals surface area contributed by atoms with Crippen molar-refractivity contribution < 1.29 is 4.79 Å². The number of piperidine rings is 1. The van der Waals surface area contributed by atoms with Gasteiger partial charge in [0.25, 0.3) is 5.91 Å². The van der Waals surface area contributed by atoms with E-state index < -0.39 is 0 Å². The first-order valence-electron chi connectivity index (χ1n) is 10.1. The summed E-state index contributed by atoms with van der Waals surface area (Å²) >= 11 is 12.4. The number of fused-ring (bicyclic) bond motifs is 1. The lowest BCUT2D eigenvalue weighted by Gasteiger charge is -2.26. The van der Waals surface area contributed by atoms with Crippen LogP contribution in [0, 0.1) is 0 Å². The van der Waals surface area contributed by atoms with E-state index in [0.29, 0.717) is 22.3 Å². The predicted octanol–water partition coefficient (Wildman–Crippen LogP) is 5.37. The number of benzene rings is 2. The van der Waals surface area contributed by atoms with E-state index in [4.69, 9.17) is 23.2 Å². The highest BCUT2D eigenvalue weighted by atomic mass is 35.5. The van der Waals surface area contributed by atoms with Gasteiger partial charge < -0.3 is 14.8 Å². The Kier molecular flexibility index (Phi) is 6.14. The number of rotatable bonds is 5. The van der Waals surface area contributed by atoms with Crippen LogP contribution in [0.2, 0.25) is 10.0 Å². The van der Waals surface area contributed by atoms with Gasteiger partial charge in [-0.3, -0.25) is 4.79 Å². The summed E-state index contributed by atoms with van der Waals surface area (Å²) < 4.78 is 1.95. The Labute approximate surface area is 181 Å². The second-order valence-electron chi connectivity index (χ2n) is 7.61. The lowest BCUT2D eigenvalue weighted by atomic mass is 10.0. The molecule has 4 rings (SSSR count). The molecule has 2 heterocycles. The van der Waals surface area contributed by atoms with E-state index in [2.05, 4.69) is 10.2 Å². The Morgan fingerprint density at radius 3 is 2.41 bits per heavy atom. The number of carbonyl (C=O) groups excluding carboxylic acids is 1. The second-order valence-corrected chi connectivity index (χ2v) is 8.48. The van der Waals surface area contributed by atoms with Gasteiger partial charge in [-0.2, -0.15) is 0 Å². The van der Waals surface area contributed by atoms with Crippen molar-refractivity contribution in [3.8, 4) is 11.1 Å². The molecular formula is C23H25Cl2N3O. The fourth-order valence-corrected chi connectivity index (χ4v) is 4.48. The molecule has 1 N–H and O–H groups in total. The minimum Gasteiger partial charge on any atom is -0.349 e. The molecule has 0 spiro atoms. The molecule has 152 valence electrons. The molecule has 1 amide bonds. The third-order valence-corrected chi connectivity index (χ3v) is 6.16. The summed E-state index contributed by atoms with van der Waals surface area (Å²) in [4.78, 5) is 15.6. The average Bonchev–Trinajstić information content (AvgIpc) is 3.01. The van der Waals surface area contributed by atoms with Crippen LogP contribution in [0.15, 0.2) is 42.5 Å². The summed E-state index contributed by atoms with van der Waals surface area (Å²) in [5.74, 6) is -0.0678. The Balaban J connectivity index is 1.66. The van der Waals surface area contributed by atoms with Gasteiger partial charge in [0.2, 0.25) is 0 Å². The molecule has 1 saturated heterocycles. The first-order chi connectivity index (χ1) is 14.0. The minimum atomic E-state index is -0.0678. The van der Waals surface area contributed by atoms with E-state index in [1.165, 1.54) is 19.3 Å². The molecule has 1 fully saturated rings. The number of likely N-dealkylation sites (tertiary alicyclic amines) is 1. The lowest BCUT2D eigenvalue weighted by molar-refractivity contribution is 0.0939. The normalized spacial score (nSPS) is 15.0. The van der Waals surface area contributed by atoms with Gasteiger partial charge in [0, 0.05) is 46.6 Å². The average molecular weight is 430 g/mol. The van der Waals surface area contributed by atoms with Gasteiger partial charge in [0.1, 0.15) is 5.69 Å². The molecule has 1 aliphatic heterocycles. The molecular weight excluding hydrogens is 405 g/mol. The zero-order valence-corrected chi connectivity index (χ0v) is 18.1. The van der Waals surface area contributed by atoms with Crippen molar-refractivity contribution in [3.05, 3.63) is 58.2 Å². The maximum absolute atomic E-state index is 13.2. The van der Waals surface area contributed by atoms with Crippen LogP contribution in [-0.4, -0.2) is 41.6 Å². The van der Waals surface area contributed by atoms with Crippen LogP contribution in [0.3, 0.4) is 0 Å². The summed E-state index contributed by atoms with van der Waals surface area (Å²) in [6.45, 7) is 3.77. The summed E-state index contributed by atoms with van der Waals surface area (Å²) in [6.07, 6.45) is 3.81. The number of amides is 1.